The third-order valence-corrected chi connectivity index (χ3v) is 4.66. The zero-order valence-corrected chi connectivity index (χ0v) is 11.2. The topological polar surface area (TPSA) is 117 Å². The van der Waals surface area contributed by atoms with Gasteiger partial charge in [0.05, 0.1) is 12.1 Å². The third kappa shape index (κ3) is 3.24. The molecule has 1 aromatic heterocycles. The standard InChI is InChI=1S/C8H11N3O5S2/c1-11(2)5(12)3-10-18(15,16)8-6(7(13)14)9-4-17-8/h4,10H,3H2,1-2H3,(H,13,14). The van der Waals surface area contributed by atoms with Crippen LogP contribution in [0.2, 0.25) is 0 Å². The second kappa shape index (κ2) is 5.42. The smallest absolute Gasteiger partial charge is 0.356 e. The summed E-state index contributed by atoms with van der Waals surface area (Å²) in [6.07, 6.45) is 0. The summed E-state index contributed by atoms with van der Waals surface area (Å²) in [5, 5.41) is 8.76. The highest BCUT2D eigenvalue weighted by Crippen LogP contribution is 2.19. The summed E-state index contributed by atoms with van der Waals surface area (Å²) in [6, 6.07) is 0. The van der Waals surface area contributed by atoms with Crippen LogP contribution in [0.1, 0.15) is 10.5 Å². The number of nitrogens with one attached hydrogen (secondary N) is 1. The first-order chi connectivity index (χ1) is 8.25. The maximum atomic E-state index is 11.8. The van der Waals surface area contributed by atoms with Crippen molar-refractivity contribution in [1.82, 2.24) is 14.6 Å². The Balaban J connectivity index is 2.91. The van der Waals surface area contributed by atoms with Crippen LogP contribution in [0.4, 0.5) is 0 Å². The Labute approximate surface area is 107 Å². The van der Waals surface area contributed by atoms with Crippen LogP contribution < -0.4 is 4.72 Å². The first kappa shape index (κ1) is 14.5. The average Bonchev–Trinajstić information content (AvgIpc) is 2.75. The van der Waals surface area contributed by atoms with Gasteiger partial charge in [0.2, 0.25) is 5.91 Å². The van der Waals surface area contributed by atoms with Crippen molar-refractivity contribution in [2.24, 2.45) is 0 Å². The highest BCUT2D eigenvalue weighted by Gasteiger charge is 2.26. The third-order valence-electron chi connectivity index (χ3n) is 1.89. The molecule has 0 aliphatic rings. The summed E-state index contributed by atoms with van der Waals surface area (Å²) in [6.45, 7) is -0.438. The van der Waals surface area contributed by atoms with E-state index in [1.54, 1.807) is 0 Å². The minimum Gasteiger partial charge on any atom is -0.476 e. The predicted molar refractivity (Wildman–Crippen MR) is 63.0 cm³/mol. The van der Waals surface area contributed by atoms with Gasteiger partial charge >= 0.3 is 5.97 Å². The summed E-state index contributed by atoms with van der Waals surface area (Å²) in [5.74, 6) is -1.88. The fourth-order valence-corrected chi connectivity index (χ4v) is 3.11. The maximum absolute atomic E-state index is 11.8. The number of nitrogens with zero attached hydrogens (tertiary/aromatic N) is 2. The van der Waals surface area contributed by atoms with Crippen LogP contribution in [0.3, 0.4) is 0 Å². The zero-order valence-electron chi connectivity index (χ0n) is 9.58. The molecule has 0 saturated carbocycles. The summed E-state index contributed by atoms with van der Waals surface area (Å²) in [5.41, 5.74) is 0.566. The van der Waals surface area contributed by atoms with Crippen LogP contribution in [0.25, 0.3) is 0 Å². The number of carboxylic acid groups (broad SMARTS) is 1. The lowest BCUT2D eigenvalue weighted by Gasteiger charge is -2.10. The number of hydrogen-bond acceptors (Lipinski definition) is 6. The van der Waals surface area contributed by atoms with Crippen molar-refractivity contribution in [3.05, 3.63) is 11.2 Å². The van der Waals surface area contributed by atoms with E-state index in [-0.39, 0.29) is 0 Å². The molecule has 1 amide bonds. The normalized spacial score (nSPS) is 11.2. The van der Waals surface area contributed by atoms with Crippen molar-refractivity contribution in [3.63, 3.8) is 0 Å². The minimum atomic E-state index is -4.04. The van der Waals surface area contributed by atoms with Gasteiger partial charge in [-0.25, -0.2) is 22.9 Å². The van der Waals surface area contributed by atoms with Crippen molar-refractivity contribution in [3.8, 4) is 0 Å². The number of aromatic nitrogens is 1. The quantitative estimate of drug-likeness (QED) is 0.734. The number of rotatable bonds is 5. The number of sulfonamides is 1. The molecule has 0 fully saturated rings. The number of carboxylic acids is 1. The lowest BCUT2D eigenvalue weighted by atomic mass is 10.5. The second-order valence-corrected chi connectivity index (χ2v) is 6.22. The first-order valence-corrected chi connectivity index (χ1v) is 6.98. The SMILES string of the molecule is CN(C)C(=O)CNS(=O)(=O)c1scnc1C(=O)O. The number of carbonyl (C=O) groups is 2. The van der Waals surface area contributed by atoms with Gasteiger partial charge in [-0.1, -0.05) is 0 Å². The van der Waals surface area contributed by atoms with Gasteiger partial charge in [-0.2, -0.15) is 0 Å². The van der Waals surface area contributed by atoms with E-state index in [4.69, 9.17) is 5.11 Å². The molecule has 100 valence electrons. The molecule has 0 bridgehead atoms. The van der Waals surface area contributed by atoms with Crippen LogP contribution in [0.15, 0.2) is 9.72 Å². The van der Waals surface area contributed by atoms with E-state index in [0.29, 0.717) is 11.3 Å². The largest absolute Gasteiger partial charge is 0.476 e. The number of carbonyl (C=O) groups excluding carboxylic acids is 1. The maximum Gasteiger partial charge on any atom is 0.356 e. The van der Waals surface area contributed by atoms with E-state index >= 15 is 0 Å². The molecule has 10 heteroatoms. The highest BCUT2D eigenvalue weighted by molar-refractivity contribution is 7.91. The molecule has 0 atom stereocenters. The molecule has 2 N–H and O–H groups in total. The van der Waals surface area contributed by atoms with Gasteiger partial charge in [0.1, 0.15) is 0 Å². The zero-order chi connectivity index (χ0) is 13.9. The molecule has 1 rings (SSSR count). The lowest BCUT2D eigenvalue weighted by molar-refractivity contribution is -0.127. The number of thiazole rings is 1. The molecule has 1 heterocycles. The van der Waals surface area contributed by atoms with E-state index in [9.17, 15) is 18.0 Å². The molecular weight excluding hydrogens is 282 g/mol. The summed E-state index contributed by atoms with van der Waals surface area (Å²) in [7, 11) is -1.09. The summed E-state index contributed by atoms with van der Waals surface area (Å²) < 4.78 is 25.2. The van der Waals surface area contributed by atoms with Crippen molar-refractivity contribution < 1.29 is 23.1 Å². The minimum absolute atomic E-state index is 0.415. The summed E-state index contributed by atoms with van der Waals surface area (Å²) in [4.78, 5) is 26.7. The fraction of sp³-hybridized carbons (Fsp3) is 0.375. The Kier molecular flexibility index (Phi) is 4.38. The number of aromatic carboxylic acids is 1. The van der Waals surface area contributed by atoms with Gasteiger partial charge in [0.25, 0.3) is 10.0 Å². The van der Waals surface area contributed by atoms with Gasteiger partial charge < -0.3 is 10.0 Å². The number of hydrogen-bond donors (Lipinski definition) is 2. The highest BCUT2D eigenvalue weighted by atomic mass is 32.2. The predicted octanol–water partition coefficient (Wildman–Crippen LogP) is -0.792. The van der Waals surface area contributed by atoms with Gasteiger partial charge in [-0.05, 0) is 0 Å². The Morgan fingerprint density at radius 3 is 2.61 bits per heavy atom. The van der Waals surface area contributed by atoms with E-state index in [1.165, 1.54) is 19.0 Å². The molecule has 0 unspecified atom stereocenters. The van der Waals surface area contributed by atoms with E-state index in [2.05, 4.69) is 4.98 Å². The van der Waals surface area contributed by atoms with Gasteiger partial charge in [-0.15, -0.1) is 11.3 Å². The van der Waals surface area contributed by atoms with E-state index < -0.39 is 38.3 Å². The molecule has 0 aliphatic carbocycles. The van der Waals surface area contributed by atoms with Gasteiger partial charge in [0.15, 0.2) is 9.90 Å². The molecule has 0 aliphatic heterocycles. The summed E-state index contributed by atoms with van der Waals surface area (Å²) >= 11 is 0.678. The van der Waals surface area contributed by atoms with Gasteiger partial charge in [0, 0.05) is 14.1 Å². The fourth-order valence-electron chi connectivity index (χ4n) is 0.949. The van der Waals surface area contributed by atoms with E-state index in [0.717, 1.165) is 5.51 Å². The molecule has 8 nitrogen and oxygen atoms in total. The lowest BCUT2D eigenvalue weighted by Crippen LogP contribution is -2.36. The Hall–Kier alpha value is -1.52. The Bertz CT molecular complexity index is 563. The molecule has 0 aromatic carbocycles. The van der Waals surface area contributed by atoms with Crippen molar-refractivity contribution in [2.75, 3.05) is 20.6 Å². The van der Waals surface area contributed by atoms with Crippen LogP contribution >= 0.6 is 11.3 Å². The second-order valence-electron chi connectivity index (χ2n) is 3.41. The van der Waals surface area contributed by atoms with Crippen LogP contribution in [-0.2, 0) is 14.8 Å². The molecule has 0 radical (unpaired) electrons. The monoisotopic (exact) mass is 293 g/mol. The number of likely N-dealkylation sites (N-methyl/N-ethyl adjacent to an activating group) is 1. The molecule has 1 aromatic rings. The first-order valence-electron chi connectivity index (χ1n) is 4.62. The van der Waals surface area contributed by atoms with E-state index in [1.807, 2.05) is 4.72 Å². The van der Waals surface area contributed by atoms with Crippen molar-refractivity contribution >= 4 is 33.2 Å². The van der Waals surface area contributed by atoms with Crippen LogP contribution in [-0.4, -0.2) is 55.9 Å². The molecule has 18 heavy (non-hydrogen) atoms. The molecular formula is C8H11N3O5S2. The Morgan fingerprint density at radius 1 is 1.50 bits per heavy atom. The van der Waals surface area contributed by atoms with Crippen LogP contribution in [0, 0.1) is 0 Å². The molecule has 0 saturated heterocycles. The Morgan fingerprint density at radius 2 is 2.11 bits per heavy atom. The van der Waals surface area contributed by atoms with Crippen molar-refractivity contribution in [1.29, 1.82) is 0 Å². The molecule has 0 spiro atoms. The van der Waals surface area contributed by atoms with Crippen LogP contribution in [0.5, 0.6) is 0 Å². The van der Waals surface area contributed by atoms with Crippen molar-refractivity contribution in [2.45, 2.75) is 4.21 Å². The average molecular weight is 293 g/mol. The van der Waals surface area contributed by atoms with Gasteiger partial charge in [-0.3, -0.25) is 4.79 Å². The number of amides is 1.